The van der Waals surface area contributed by atoms with Crippen LogP contribution in [0.4, 0.5) is 17.2 Å². The summed E-state index contributed by atoms with van der Waals surface area (Å²) in [6.07, 6.45) is 0.727. The zero-order valence-electron chi connectivity index (χ0n) is 12.7. The second-order valence-corrected chi connectivity index (χ2v) is 5.42. The standard InChI is InChI=1S/C16H18ClN3O2/c1-4-10-8-9-11(16(21)22)15(18-10)19-13-7-5-6-12(17)14(13)20(2)3/h5-9H,4H2,1-3H3,(H,18,19)(H,21,22). The lowest BCUT2D eigenvalue weighted by Crippen LogP contribution is -2.13. The minimum atomic E-state index is -1.02. The third-order valence-electron chi connectivity index (χ3n) is 3.23. The van der Waals surface area contributed by atoms with Gasteiger partial charge in [-0.1, -0.05) is 24.6 Å². The molecule has 0 spiro atoms. The highest BCUT2D eigenvalue weighted by atomic mass is 35.5. The summed E-state index contributed by atoms with van der Waals surface area (Å²) in [5, 5.41) is 13.0. The second kappa shape index (κ2) is 6.66. The fraction of sp³-hybridized carbons (Fsp3) is 0.250. The maximum atomic E-state index is 11.4. The van der Waals surface area contributed by atoms with Crippen molar-refractivity contribution in [1.29, 1.82) is 0 Å². The number of halogens is 1. The third kappa shape index (κ3) is 3.31. The van der Waals surface area contributed by atoms with Crippen molar-refractivity contribution in [3.8, 4) is 0 Å². The van der Waals surface area contributed by atoms with E-state index in [1.54, 1.807) is 18.2 Å². The Morgan fingerprint density at radius 3 is 2.64 bits per heavy atom. The Kier molecular flexibility index (Phi) is 4.88. The van der Waals surface area contributed by atoms with Crippen molar-refractivity contribution in [2.75, 3.05) is 24.3 Å². The molecule has 22 heavy (non-hydrogen) atoms. The average molecular weight is 320 g/mol. The molecule has 0 bridgehead atoms. The highest BCUT2D eigenvalue weighted by molar-refractivity contribution is 6.34. The number of nitrogens with one attached hydrogen (secondary N) is 1. The number of benzene rings is 1. The molecule has 0 aliphatic rings. The summed E-state index contributed by atoms with van der Waals surface area (Å²) in [6.45, 7) is 1.97. The Hall–Kier alpha value is -2.27. The van der Waals surface area contributed by atoms with Crippen molar-refractivity contribution in [2.24, 2.45) is 0 Å². The molecule has 6 heteroatoms. The molecule has 0 radical (unpaired) electrons. The Labute approximate surface area is 134 Å². The number of rotatable bonds is 5. The van der Waals surface area contributed by atoms with Crippen molar-refractivity contribution in [2.45, 2.75) is 13.3 Å². The number of carboxylic acids is 1. The van der Waals surface area contributed by atoms with E-state index in [0.29, 0.717) is 16.5 Å². The van der Waals surface area contributed by atoms with E-state index in [1.807, 2.05) is 38.1 Å². The van der Waals surface area contributed by atoms with E-state index in [0.717, 1.165) is 17.8 Å². The molecule has 0 fully saturated rings. The van der Waals surface area contributed by atoms with E-state index in [2.05, 4.69) is 10.3 Å². The topological polar surface area (TPSA) is 65.5 Å². The van der Waals surface area contributed by atoms with Crippen molar-refractivity contribution < 1.29 is 9.90 Å². The SMILES string of the molecule is CCc1ccc(C(=O)O)c(Nc2cccc(Cl)c2N(C)C)n1. The number of hydrogen-bond donors (Lipinski definition) is 2. The second-order valence-electron chi connectivity index (χ2n) is 5.01. The van der Waals surface area contributed by atoms with E-state index >= 15 is 0 Å². The zero-order chi connectivity index (χ0) is 16.3. The fourth-order valence-corrected chi connectivity index (χ4v) is 2.51. The fourth-order valence-electron chi connectivity index (χ4n) is 2.16. The molecule has 2 rings (SSSR count). The zero-order valence-corrected chi connectivity index (χ0v) is 13.5. The average Bonchev–Trinajstić information content (AvgIpc) is 2.46. The lowest BCUT2D eigenvalue weighted by molar-refractivity contribution is 0.0697. The molecule has 5 nitrogen and oxygen atoms in total. The summed E-state index contributed by atoms with van der Waals surface area (Å²) in [5.74, 6) is -0.705. The molecule has 0 atom stereocenters. The van der Waals surface area contributed by atoms with Crippen molar-refractivity contribution >= 4 is 34.8 Å². The summed E-state index contributed by atoms with van der Waals surface area (Å²) in [5.41, 5.74) is 2.44. The molecule has 1 aromatic carbocycles. The Balaban J connectivity index is 2.51. The molecule has 2 N–H and O–H groups in total. The molecule has 0 aliphatic carbocycles. The molecular formula is C16H18ClN3O2. The normalized spacial score (nSPS) is 10.4. The monoisotopic (exact) mass is 319 g/mol. The Bertz CT molecular complexity index is 702. The minimum absolute atomic E-state index is 0.127. The number of pyridine rings is 1. The van der Waals surface area contributed by atoms with Gasteiger partial charge in [0, 0.05) is 19.8 Å². The van der Waals surface area contributed by atoms with Gasteiger partial charge in [0.05, 0.1) is 16.4 Å². The lowest BCUT2D eigenvalue weighted by atomic mass is 10.2. The van der Waals surface area contributed by atoms with Crippen molar-refractivity contribution in [3.05, 3.63) is 46.6 Å². The van der Waals surface area contributed by atoms with E-state index < -0.39 is 5.97 Å². The molecule has 116 valence electrons. The van der Waals surface area contributed by atoms with Gasteiger partial charge >= 0.3 is 5.97 Å². The number of anilines is 3. The largest absolute Gasteiger partial charge is 0.478 e. The molecular weight excluding hydrogens is 302 g/mol. The van der Waals surface area contributed by atoms with Gasteiger partial charge in [-0.3, -0.25) is 0 Å². The molecule has 0 unspecified atom stereocenters. The van der Waals surface area contributed by atoms with E-state index in [9.17, 15) is 9.90 Å². The first kappa shape index (κ1) is 16.1. The van der Waals surface area contributed by atoms with E-state index in [1.165, 1.54) is 0 Å². The number of nitrogens with zero attached hydrogens (tertiary/aromatic N) is 2. The third-order valence-corrected chi connectivity index (χ3v) is 3.54. The summed E-state index contributed by atoms with van der Waals surface area (Å²) in [6, 6.07) is 8.72. The molecule has 2 aromatic rings. The van der Waals surface area contributed by atoms with Gasteiger partial charge in [-0.05, 0) is 30.7 Å². The summed E-state index contributed by atoms with van der Waals surface area (Å²) in [4.78, 5) is 17.6. The molecule has 0 amide bonds. The molecule has 0 saturated carbocycles. The highest BCUT2D eigenvalue weighted by Gasteiger charge is 2.15. The van der Waals surface area contributed by atoms with Gasteiger partial charge in [0.1, 0.15) is 11.4 Å². The van der Waals surface area contributed by atoms with Crippen LogP contribution in [-0.2, 0) is 6.42 Å². The van der Waals surface area contributed by atoms with Gasteiger partial charge in [-0.15, -0.1) is 0 Å². The van der Waals surface area contributed by atoms with Crippen LogP contribution < -0.4 is 10.2 Å². The maximum Gasteiger partial charge on any atom is 0.339 e. The Morgan fingerprint density at radius 1 is 1.32 bits per heavy atom. The van der Waals surface area contributed by atoms with Gasteiger partial charge in [0.2, 0.25) is 0 Å². The van der Waals surface area contributed by atoms with Gasteiger partial charge in [-0.2, -0.15) is 0 Å². The predicted octanol–water partition coefficient (Wildman–Crippen LogP) is 3.81. The number of para-hydroxylation sites is 1. The number of aryl methyl sites for hydroxylation is 1. The molecule has 0 aliphatic heterocycles. The molecule has 0 saturated heterocycles. The first-order valence-corrected chi connectivity index (χ1v) is 7.28. The first-order chi connectivity index (χ1) is 10.4. The number of carboxylic acid groups (broad SMARTS) is 1. The van der Waals surface area contributed by atoms with Gasteiger partial charge < -0.3 is 15.3 Å². The van der Waals surface area contributed by atoms with Crippen molar-refractivity contribution in [3.63, 3.8) is 0 Å². The van der Waals surface area contributed by atoms with Crippen molar-refractivity contribution in [1.82, 2.24) is 4.98 Å². The summed E-state index contributed by atoms with van der Waals surface area (Å²) in [7, 11) is 3.75. The van der Waals surface area contributed by atoms with Crippen LogP contribution in [0.15, 0.2) is 30.3 Å². The summed E-state index contributed by atoms with van der Waals surface area (Å²) < 4.78 is 0. The van der Waals surface area contributed by atoms with Crippen LogP contribution in [0.5, 0.6) is 0 Å². The Morgan fingerprint density at radius 2 is 2.05 bits per heavy atom. The van der Waals surface area contributed by atoms with Gasteiger partial charge in [0.25, 0.3) is 0 Å². The maximum absolute atomic E-state index is 11.4. The minimum Gasteiger partial charge on any atom is -0.478 e. The van der Waals surface area contributed by atoms with E-state index in [-0.39, 0.29) is 5.56 Å². The highest BCUT2D eigenvalue weighted by Crippen LogP contribution is 2.34. The first-order valence-electron chi connectivity index (χ1n) is 6.90. The van der Waals surface area contributed by atoms with Gasteiger partial charge in [0.15, 0.2) is 0 Å². The molecule has 1 aromatic heterocycles. The van der Waals surface area contributed by atoms with Crippen LogP contribution in [0.1, 0.15) is 23.0 Å². The van der Waals surface area contributed by atoms with Gasteiger partial charge in [-0.25, -0.2) is 9.78 Å². The van der Waals surface area contributed by atoms with Crippen LogP contribution in [0, 0.1) is 0 Å². The number of carbonyl (C=O) groups is 1. The van der Waals surface area contributed by atoms with Crippen LogP contribution in [0.3, 0.4) is 0 Å². The number of aromatic carboxylic acids is 1. The van der Waals surface area contributed by atoms with Crippen LogP contribution in [0.2, 0.25) is 5.02 Å². The quantitative estimate of drug-likeness (QED) is 0.877. The van der Waals surface area contributed by atoms with Crippen LogP contribution >= 0.6 is 11.6 Å². The number of hydrogen-bond acceptors (Lipinski definition) is 4. The molecule has 1 heterocycles. The van der Waals surface area contributed by atoms with Crippen LogP contribution in [0.25, 0.3) is 0 Å². The summed E-state index contributed by atoms with van der Waals surface area (Å²) >= 11 is 6.23. The predicted molar refractivity (Wildman–Crippen MR) is 89.6 cm³/mol. The van der Waals surface area contributed by atoms with E-state index in [4.69, 9.17) is 11.6 Å². The van der Waals surface area contributed by atoms with Crippen LogP contribution in [-0.4, -0.2) is 30.2 Å². The lowest BCUT2D eigenvalue weighted by Gasteiger charge is -2.20. The number of aromatic nitrogens is 1. The smallest absolute Gasteiger partial charge is 0.339 e.